The van der Waals surface area contributed by atoms with Gasteiger partial charge in [0.2, 0.25) is 12.2 Å². The van der Waals surface area contributed by atoms with Crippen molar-refractivity contribution in [3.05, 3.63) is 91.0 Å². The Morgan fingerprint density at radius 3 is 1.42 bits per heavy atom. The molecule has 2 saturated heterocycles. The fraction of sp³-hybridized carbons (Fsp3) is 0.364. The van der Waals surface area contributed by atoms with E-state index in [0.717, 1.165) is 46.0 Å². The molecule has 0 aromatic carbocycles. The second kappa shape index (κ2) is 14.5. The molecule has 0 bridgehead atoms. The number of rotatable bonds is 8. The van der Waals surface area contributed by atoms with Crippen molar-refractivity contribution in [2.75, 3.05) is 36.0 Å². The zero-order valence-corrected chi connectivity index (χ0v) is 30.5. The average Bonchev–Trinajstić information content (AvgIpc) is 3.96. The predicted octanol–water partition coefficient (Wildman–Crippen LogP) is 2.72. The van der Waals surface area contributed by atoms with Gasteiger partial charge in [0, 0.05) is 50.3 Å². The number of hydrogen-bond acceptors (Lipinski definition) is 13. The van der Waals surface area contributed by atoms with Crippen molar-refractivity contribution < 1.29 is 58.2 Å². The molecule has 8 rings (SSSR count). The summed E-state index contributed by atoms with van der Waals surface area (Å²) in [6, 6.07) is 1.99. The number of H-pyrrole nitrogens is 4. The first kappa shape index (κ1) is 41.5. The van der Waals surface area contributed by atoms with Gasteiger partial charge < -0.3 is 29.2 Å². The zero-order valence-electron chi connectivity index (χ0n) is 30.5. The van der Waals surface area contributed by atoms with Gasteiger partial charge in [-0.1, -0.05) is 0 Å². The SMILES string of the molecule is O=C(O[C@@H]([C@@H]1CN(c2cc(-c3c[nH]c(=O)[nH]c3=O)nn3ccnc23)CC1(F)F)C(F)(F)F)O[C@@H]([C@@H]1CN(c2cc(-c3c[nH]c(=O)[nH]c3=O)nn3ccnc23)CC1(F)F)C(F)(F)F. The molecule has 8 heterocycles. The Morgan fingerprint density at radius 2 is 1.06 bits per heavy atom. The molecular weight excluding hydrogens is 866 g/mol. The number of imidazole rings is 2. The number of carbonyl (C=O) groups excluding carboxylic acids is 1. The molecule has 2 aliphatic rings. The quantitative estimate of drug-likeness (QED) is 0.127. The molecular formula is C33H24F10N12O7. The van der Waals surface area contributed by atoms with Gasteiger partial charge in [0.25, 0.3) is 23.0 Å². The molecule has 0 radical (unpaired) electrons. The number of carbonyl (C=O) groups is 1. The maximum absolute atomic E-state index is 15.7. The van der Waals surface area contributed by atoms with E-state index >= 15 is 17.6 Å². The van der Waals surface area contributed by atoms with Crippen LogP contribution in [0.5, 0.6) is 0 Å². The Morgan fingerprint density at radius 1 is 0.677 bits per heavy atom. The monoisotopic (exact) mass is 890 g/mol. The number of alkyl halides is 10. The molecule has 0 aliphatic carbocycles. The van der Waals surface area contributed by atoms with Crippen molar-refractivity contribution in [3.63, 3.8) is 0 Å². The van der Waals surface area contributed by atoms with Gasteiger partial charge in [-0.05, 0) is 12.1 Å². The van der Waals surface area contributed by atoms with E-state index in [1.807, 2.05) is 9.97 Å². The highest BCUT2D eigenvalue weighted by atomic mass is 19.4. The zero-order chi connectivity index (χ0) is 44.7. The summed E-state index contributed by atoms with van der Waals surface area (Å²) >= 11 is 0. The fourth-order valence-corrected chi connectivity index (χ4v) is 7.33. The van der Waals surface area contributed by atoms with Crippen LogP contribution >= 0.6 is 0 Å². The number of ether oxygens (including phenoxy) is 2. The minimum Gasteiger partial charge on any atom is -0.421 e. The molecule has 6 aromatic rings. The molecule has 0 amide bonds. The summed E-state index contributed by atoms with van der Waals surface area (Å²) in [6.07, 6.45) is -15.9. The van der Waals surface area contributed by atoms with E-state index in [0.29, 0.717) is 9.80 Å². The Kier molecular flexibility index (Phi) is 9.68. The van der Waals surface area contributed by atoms with Crippen LogP contribution in [0.25, 0.3) is 33.8 Å². The van der Waals surface area contributed by atoms with Crippen LogP contribution in [0.2, 0.25) is 0 Å². The summed E-state index contributed by atoms with van der Waals surface area (Å²) in [5.74, 6) is -14.9. The van der Waals surface area contributed by atoms with Crippen molar-refractivity contribution in [1.29, 1.82) is 0 Å². The van der Waals surface area contributed by atoms with Crippen molar-refractivity contribution in [2.45, 2.75) is 36.4 Å². The predicted molar refractivity (Wildman–Crippen MR) is 188 cm³/mol. The van der Waals surface area contributed by atoms with Gasteiger partial charge in [-0.3, -0.25) is 19.6 Å². The minimum atomic E-state index is -5.90. The normalized spacial score (nSPS) is 19.9. The molecule has 19 nitrogen and oxygen atoms in total. The maximum Gasteiger partial charge on any atom is 0.509 e. The summed E-state index contributed by atoms with van der Waals surface area (Å²) in [7, 11) is 0. The van der Waals surface area contributed by atoms with Gasteiger partial charge in [-0.25, -0.2) is 50.9 Å². The van der Waals surface area contributed by atoms with Gasteiger partial charge >= 0.3 is 29.9 Å². The van der Waals surface area contributed by atoms with E-state index in [2.05, 4.69) is 39.6 Å². The third kappa shape index (κ3) is 7.56. The maximum atomic E-state index is 15.7. The lowest BCUT2D eigenvalue weighted by Gasteiger charge is -2.31. The molecule has 0 saturated carbocycles. The van der Waals surface area contributed by atoms with E-state index in [4.69, 9.17) is 0 Å². The first-order chi connectivity index (χ1) is 29.0. The highest BCUT2D eigenvalue weighted by molar-refractivity contribution is 5.76. The number of hydrogen-bond donors (Lipinski definition) is 4. The first-order valence-electron chi connectivity index (χ1n) is 17.6. The van der Waals surface area contributed by atoms with Crippen LogP contribution in [0, 0.1) is 11.8 Å². The summed E-state index contributed by atoms with van der Waals surface area (Å²) in [5, 5.41) is 8.19. The van der Waals surface area contributed by atoms with E-state index < -0.39 is 103 Å². The van der Waals surface area contributed by atoms with Crippen LogP contribution in [0.3, 0.4) is 0 Å². The molecule has 0 unspecified atom stereocenters. The Bertz CT molecular complexity index is 2760. The summed E-state index contributed by atoms with van der Waals surface area (Å²) < 4.78 is 160. The molecule has 6 aromatic heterocycles. The van der Waals surface area contributed by atoms with E-state index in [-0.39, 0.29) is 45.2 Å². The van der Waals surface area contributed by atoms with Crippen LogP contribution in [-0.2, 0) is 9.47 Å². The molecule has 29 heteroatoms. The van der Waals surface area contributed by atoms with Crippen LogP contribution in [-0.4, -0.2) is 118 Å². The number of aromatic amines is 4. The molecule has 2 fully saturated rings. The molecule has 2 aliphatic heterocycles. The van der Waals surface area contributed by atoms with Crippen molar-refractivity contribution in [1.82, 2.24) is 49.1 Å². The van der Waals surface area contributed by atoms with Gasteiger partial charge in [0.15, 0.2) is 11.3 Å². The topological polar surface area (TPSA) is 234 Å². The van der Waals surface area contributed by atoms with Crippen LogP contribution in [0.15, 0.2) is 68.5 Å². The van der Waals surface area contributed by atoms with E-state index in [1.54, 1.807) is 0 Å². The van der Waals surface area contributed by atoms with Crippen LogP contribution in [0.1, 0.15) is 0 Å². The standard InChI is InChI=1S/C33H24F10N12O7/c34-30(35)11-52(19-5-17(50-54-3-1-44-23(19)54)13-7-46-27(58)48-25(13)56)9-15(30)21(32(38,39)40)61-29(60)62-22(33(41,42)43)16-10-53(12-31(16,36)37)20-6-18(51-55-4-2-45-24(20)55)14-8-47-28(59)49-26(14)57/h1-8,15-16,21-22H,9-12H2,(H2,46,48,56,58)(H2,47,49,57,59)/t15-,16-,21-,22-/m0/s1. The molecule has 62 heavy (non-hydrogen) atoms. The summed E-state index contributed by atoms with van der Waals surface area (Å²) in [4.78, 5) is 78.3. The molecule has 4 N–H and O–H groups in total. The lowest BCUT2D eigenvalue weighted by atomic mass is 9.97. The second-order valence-corrected chi connectivity index (χ2v) is 14.1. The third-order valence-electron chi connectivity index (χ3n) is 10.1. The molecule has 0 spiro atoms. The first-order valence-corrected chi connectivity index (χ1v) is 17.6. The summed E-state index contributed by atoms with van der Waals surface area (Å²) in [6.45, 7) is -5.66. The number of anilines is 2. The van der Waals surface area contributed by atoms with Crippen molar-refractivity contribution in [3.8, 4) is 22.5 Å². The fourth-order valence-electron chi connectivity index (χ4n) is 7.33. The Labute approximate surface area is 333 Å². The number of nitrogens with one attached hydrogen (secondary N) is 4. The van der Waals surface area contributed by atoms with Crippen molar-refractivity contribution in [2.24, 2.45) is 11.8 Å². The Hall–Kier alpha value is -7.23. The molecule has 4 atom stereocenters. The molecule has 328 valence electrons. The third-order valence-corrected chi connectivity index (χ3v) is 10.1. The smallest absolute Gasteiger partial charge is 0.421 e. The minimum absolute atomic E-state index is 0.212. The lowest BCUT2D eigenvalue weighted by molar-refractivity contribution is -0.263. The highest BCUT2D eigenvalue weighted by Gasteiger charge is 2.64. The van der Waals surface area contributed by atoms with Gasteiger partial charge in [0.1, 0.15) is 11.4 Å². The Balaban J connectivity index is 1.06. The van der Waals surface area contributed by atoms with Gasteiger partial charge in [-0.2, -0.15) is 36.5 Å². The van der Waals surface area contributed by atoms with Crippen LogP contribution in [0.4, 0.5) is 60.1 Å². The van der Waals surface area contributed by atoms with Crippen LogP contribution < -0.4 is 32.3 Å². The lowest BCUT2D eigenvalue weighted by Crippen LogP contribution is -2.50. The number of fused-ring (bicyclic) bond motifs is 2. The average molecular weight is 891 g/mol. The number of halogens is 10. The van der Waals surface area contributed by atoms with Crippen molar-refractivity contribution >= 4 is 28.8 Å². The van der Waals surface area contributed by atoms with E-state index in [9.17, 15) is 50.3 Å². The highest BCUT2D eigenvalue weighted by Crippen LogP contribution is 2.47. The number of aromatic nitrogens is 10. The largest absolute Gasteiger partial charge is 0.509 e. The van der Waals surface area contributed by atoms with E-state index in [1.165, 1.54) is 12.4 Å². The van der Waals surface area contributed by atoms with Gasteiger partial charge in [0.05, 0.1) is 47.4 Å². The van der Waals surface area contributed by atoms with Gasteiger partial charge in [-0.15, -0.1) is 0 Å². The number of nitrogens with zero attached hydrogens (tertiary/aromatic N) is 8. The second-order valence-electron chi connectivity index (χ2n) is 14.1. The summed E-state index contributed by atoms with van der Waals surface area (Å²) in [5.41, 5.74) is -6.04.